The first-order valence-electron chi connectivity index (χ1n) is 4.69. The first kappa shape index (κ1) is 12.4. The van der Waals surface area contributed by atoms with Gasteiger partial charge in [-0.05, 0) is 18.2 Å². The zero-order valence-corrected chi connectivity index (χ0v) is 10.7. The molecule has 5 heteroatoms. The molecule has 0 saturated carbocycles. The summed E-state index contributed by atoms with van der Waals surface area (Å²) < 4.78 is 0. The SMILES string of the molecule is O=Cc1nc(Cl)ccc1-c1cccc(Cl)c1Cl. The summed E-state index contributed by atoms with van der Waals surface area (Å²) in [5.74, 6) is 0. The average molecular weight is 287 g/mol. The molecule has 0 aliphatic carbocycles. The molecule has 0 N–H and O–H groups in total. The second kappa shape index (κ2) is 5.05. The van der Waals surface area contributed by atoms with E-state index in [0.717, 1.165) is 0 Å². The first-order chi connectivity index (χ1) is 8.13. The van der Waals surface area contributed by atoms with Crippen molar-refractivity contribution in [1.82, 2.24) is 4.98 Å². The maximum atomic E-state index is 11.0. The Balaban J connectivity index is 2.68. The van der Waals surface area contributed by atoms with Gasteiger partial charge in [0.1, 0.15) is 10.8 Å². The van der Waals surface area contributed by atoms with Gasteiger partial charge in [0, 0.05) is 11.1 Å². The molecule has 0 amide bonds. The molecule has 1 aromatic heterocycles. The standard InChI is InChI=1S/C12H6Cl3NO/c13-9-3-1-2-8(12(9)15)7-4-5-11(14)16-10(7)6-17/h1-6H. The van der Waals surface area contributed by atoms with E-state index in [-0.39, 0.29) is 10.8 Å². The smallest absolute Gasteiger partial charge is 0.169 e. The highest BCUT2D eigenvalue weighted by atomic mass is 35.5. The van der Waals surface area contributed by atoms with Gasteiger partial charge in [0.2, 0.25) is 0 Å². The number of nitrogens with zero attached hydrogens (tertiary/aromatic N) is 1. The highest BCUT2D eigenvalue weighted by Crippen LogP contribution is 2.34. The molecule has 0 unspecified atom stereocenters. The van der Waals surface area contributed by atoms with Gasteiger partial charge in [-0.15, -0.1) is 0 Å². The van der Waals surface area contributed by atoms with Crippen LogP contribution in [0.15, 0.2) is 30.3 Å². The molecular formula is C12H6Cl3NO. The third-order valence-corrected chi connectivity index (χ3v) is 3.27. The predicted octanol–water partition coefficient (Wildman–Crippen LogP) is 4.52. The molecule has 0 aliphatic heterocycles. The fourth-order valence-corrected chi connectivity index (χ4v) is 2.04. The zero-order valence-electron chi connectivity index (χ0n) is 8.45. The van der Waals surface area contributed by atoms with Gasteiger partial charge in [-0.1, -0.05) is 46.9 Å². The lowest BCUT2D eigenvalue weighted by molar-refractivity contribution is 0.111. The van der Waals surface area contributed by atoms with Crippen molar-refractivity contribution in [3.8, 4) is 11.1 Å². The van der Waals surface area contributed by atoms with Crippen LogP contribution in [0.3, 0.4) is 0 Å². The molecule has 0 radical (unpaired) electrons. The maximum Gasteiger partial charge on any atom is 0.169 e. The van der Waals surface area contributed by atoms with Crippen molar-refractivity contribution in [2.75, 3.05) is 0 Å². The molecule has 0 fully saturated rings. The van der Waals surface area contributed by atoms with Crippen LogP contribution in [0.25, 0.3) is 11.1 Å². The number of carbonyl (C=O) groups excluding carboxylic acids is 1. The third-order valence-electron chi connectivity index (χ3n) is 2.24. The van der Waals surface area contributed by atoms with Gasteiger partial charge in [-0.2, -0.15) is 0 Å². The molecule has 0 atom stereocenters. The summed E-state index contributed by atoms with van der Waals surface area (Å²) in [6, 6.07) is 8.49. The van der Waals surface area contributed by atoms with E-state index in [2.05, 4.69) is 4.98 Å². The molecule has 0 bridgehead atoms. The third kappa shape index (κ3) is 2.44. The van der Waals surface area contributed by atoms with Crippen LogP contribution in [0.2, 0.25) is 15.2 Å². The molecule has 0 aliphatic rings. The lowest BCUT2D eigenvalue weighted by Crippen LogP contribution is -1.93. The molecular weight excluding hydrogens is 280 g/mol. The van der Waals surface area contributed by atoms with E-state index in [4.69, 9.17) is 34.8 Å². The highest BCUT2D eigenvalue weighted by Gasteiger charge is 2.11. The summed E-state index contributed by atoms with van der Waals surface area (Å²) in [5.41, 5.74) is 1.50. The molecule has 1 aromatic carbocycles. The van der Waals surface area contributed by atoms with Crippen molar-refractivity contribution in [2.45, 2.75) is 0 Å². The van der Waals surface area contributed by atoms with Gasteiger partial charge < -0.3 is 0 Å². The van der Waals surface area contributed by atoms with E-state index in [1.807, 2.05) is 0 Å². The average Bonchev–Trinajstić information content (AvgIpc) is 2.33. The van der Waals surface area contributed by atoms with Gasteiger partial charge in [-0.25, -0.2) is 4.98 Å². The Hall–Kier alpha value is -1.09. The van der Waals surface area contributed by atoms with Crippen molar-refractivity contribution >= 4 is 41.1 Å². The fourth-order valence-electron chi connectivity index (χ4n) is 1.48. The minimum absolute atomic E-state index is 0.238. The Morgan fingerprint density at radius 1 is 1.00 bits per heavy atom. The number of halogens is 3. The highest BCUT2D eigenvalue weighted by molar-refractivity contribution is 6.43. The van der Waals surface area contributed by atoms with E-state index in [9.17, 15) is 4.79 Å². The first-order valence-corrected chi connectivity index (χ1v) is 5.83. The van der Waals surface area contributed by atoms with Gasteiger partial charge in [0.15, 0.2) is 6.29 Å². The molecule has 17 heavy (non-hydrogen) atoms. The van der Waals surface area contributed by atoms with Crippen LogP contribution in [0.1, 0.15) is 10.5 Å². The van der Waals surface area contributed by atoms with Crippen LogP contribution < -0.4 is 0 Å². The fraction of sp³-hybridized carbons (Fsp3) is 0. The summed E-state index contributed by atoms with van der Waals surface area (Å²) in [6.07, 6.45) is 0.637. The molecule has 1 heterocycles. The van der Waals surface area contributed by atoms with Crippen molar-refractivity contribution in [3.05, 3.63) is 51.2 Å². The van der Waals surface area contributed by atoms with E-state index >= 15 is 0 Å². The largest absolute Gasteiger partial charge is 0.296 e. The number of hydrogen-bond acceptors (Lipinski definition) is 2. The molecule has 2 nitrogen and oxygen atoms in total. The molecule has 0 spiro atoms. The molecule has 0 saturated heterocycles. The molecule has 86 valence electrons. The number of benzene rings is 1. The zero-order chi connectivity index (χ0) is 12.4. The number of hydrogen-bond donors (Lipinski definition) is 0. The summed E-state index contributed by atoms with van der Waals surface area (Å²) in [5, 5.41) is 1.08. The van der Waals surface area contributed by atoms with E-state index < -0.39 is 0 Å². The second-order valence-corrected chi connectivity index (χ2v) is 4.46. The topological polar surface area (TPSA) is 30.0 Å². The Labute approximate surface area is 113 Å². The van der Waals surface area contributed by atoms with Crippen LogP contribution in [0, 0.1) is 0 Å². The summed E-state index contributed by atoms with van der Waals surface area (Å²) in [6.45, 7) is 0. The maximum absolute atomic E-state index is 11.0. The van der Waals surface area contributed by atoms with E-state index in [1.54, 1.807) is 30.3 Å². The Morgan fingerprint density at radius 2 is 1.76 bits per heavy atom. The van der Waals surface area contributed by atoms with Gasteiger partial charge in [0.05, 0.1) is 10.0 Å². The molecule has 2 rings (SSSR count). The summed E-state index contributed by atoms with van der Waals surface area (Å²) >= 11 is 17.7. The summed E-state index contributed by atoms with van der Waals surface area (Å²) in [4.78, 5) is 14.9. The minimum atomic E-state index is 0.238. The van der Waals surface area contributed by atoms with Crippen LogP contribution in [-0.2, 0) is 0 Å². The van der Waals surface area contributed by atoms with Crippen LogP contribution in [0.4, 0.5) is 0 Å². The predicted molar refractivity (Wildman–Crippen MR) is 70.1 cm³/mol. The van der Waals surface area contributed by atoms with E-state index in [0.29, 0.717) is 27.5 Å². The van der Waals surface area contributed by atoms with Crippen molar-refractivity contribution in [3.63, 3.8) is 0 Å². The quantitative estimate of drug-likeness (QED) is 0.600. The second-order valence-electron chi connectivity index (χ2n) is 3.29. The summed E-state index contributed by atoms with van der Waals surface area (Å²) in [7, 11) is 0. The Morgan fingerprint density at radius 3 is 2.47 bits per heavy atom. The van der Waals surface area contributed by atoms with Crippen LogP contribution >= 0.6 is 34.8 Å². The number of aromatic nitrogens is 1. The van der Waals surface area contributed by atoms with Gasteiger partial charge in [0.25, 0.3) is 0 Å². The van der Waals surface area contributed by atoms with Crippen molar-refractivity contribution in [1.29, 1.82) is 0 Å². The Kier molecular flexibility index (Phi) is 3.67. The minimum Gasteiger partial charge on any atom is -0.296 e. The lowest BCUT2D eigenvalue weighted by atomic mass is 10.0. The number of rotatable bonds is 2. The normalized spacial score (nSPS) is 10.3. The Bertz CT molecular complexity index is 584. The van der Waals surface area contributed by atoms with Crippen LogP contribution in [-0.4, -0.2) is 11.3 Å². The monoisotopic (exact) mass is 285 g/mol. The van der Waals surface area contributed by atoms with Gasteiger partial charge >= 0.3 is 0 Å². The van der Waals surface area contributed by atoms with Crippen molar-refractivity contribution < 1.29 is 4.79 Å². The van der Waals surface area contributed by atoms with Crippen LogP contribution in [0.5, 0.6) is 0 Å². The van der Waals surface area contributed by atoms with Crippen molar-refractivity contribution in [2.24, 2.45) is 0 Å². The van der Waals surface area contributed by atoms with E-state index in [1.165, 1.54) is 0 Å². The number of carbonyl (C=O) groups is 1. The molecule has 2 aromatic rings. The number of pyridine rings is 1. The number of aldehydes is 1. The lowest BCUT2D eigenvalue weighted by Gasteiger charge is -2.07. The van der Waals surface area contributed by atoms with Gasteiger partial charge in [-0.3, -0.25) is 4.79 Å².